The van der Waals surface area contributed by atoms with E-state index < -0.39 is 0 Å². The largest absolute Gasteiger partial charge is 0.493 e. The van der Waals surface area contributed by atoms with Crippen LogP contribution >= 0.6 is 0 Å². The molecule has 158 valence electrons. The predicted octanol–water partition coefficient (Wildman–Crippen LogP) is 3.19. The van der Waals surface area contributed by atoms with Crippen LogP contribution in [0.1, 0.15) is 36.4 Å². The third-order valence-corrected chi connectivity index (χ3v) is 4.03. The van der Waals surface area contributed by atoms with Gasteiger partial charge in [-0.05, 0) is 45.4 Å². The third-order valence-electron chi connectivity index (χ3n) is 4.03. The molecule has 8 heteroatoms. The van der Waals surface area contributed by atoms with Crippen molar-refractivity contribution in [3.8, 4) is 11.5 Å². The molecule has 0 fully saturated rings. The van der Waals surface area contributed by atoms with Crippen LogP contribution in [0.4, 0.5) is 5.69 Å². The Kier molecular flexibility index (Phi) is 8.88. The van der Waals surface area contributed by atoms with Gasteiger partial charge in [0, 0.05) is 37.0 Å². The maximum atomic E-state index is 12.0. The number of carbonyl (C=O) groups excluding carboxylic acids is 1. The smallest absolute Gasteiger partial charge is 0.287 e. The number of guanidine groups is 1. The minimum atomic E-state index is -0.205. The second-order valence-corrected chi connectivity index (χ2v) is 6.23. The SMILES string of the molecule is CCNC(=NCCCNC(=O)c1occc1C)Nc1ccc(OC)c(OCC)c1. The number of nitrogens with zero attached hydrogens (tertiary/aromatic N) is 1. The van der Waals surface area contributed by atoms with E-state index in [0.29, 0.717) is 49.3 Å². The Morgan fingerprint density at radius 2 is 2.00 bits per heavy atom. The van der Waals surface area contributed by atoms with Gasteiger partial charge in [0.2, 0.25) is 0 Å². The topological polar surface area (TPSA) is 97.1 Å². The maximum Gasteiger partial charge on any atom is 0.287 e. The summed E-state index contributed by atoms with van der Waals surface area (Å²) >= 11 is 0. The predicted molar refractivity (Wildman–Crippen MR) is 114 cm³/mol. The van der Waals surface area contributed by atoms with Crippen LogP contribution in [0.3, 0.4) is 0 Å². The first-order chi connectivity index (χ1) is 14.1. The summed E-state index contributed by atoms with van der Waals surface area (Å²) in [6.45, 7) is 8.12. The molecular formula is C21H30N4O4. The molecule has 0 bridgehead atoms. The van der Waals surface area contributed by atoms with E-state index >= 15 is 0 Å². The molecule has 1 aromatic heterocycles. The normalized spacial score (nSPS) is 11.1. The Balaban J connectivity index is 1.88. The lowest BCUT2D eigenvalue weighted by Crippen LogP contribution is -2.31. The first kappa shape index (κ1) is 22.1. The minimum absolute atomic E-state index is 0.205. The van der Waals surface area contributed by atoms with E-state index in [2.05, 4.69) is 20.9 Å². The van der Waals surface area contributed by atoms with Gasteiger partial charge < -0.3 is 29.8 Å². The van der Waals surface area contributed by atoms with Crippen LogP contribution < -0.4 is 25.4 Å². The summed E-state index contributed by atoms with van der Waals surface area (Å²) in [7, 11) is 1.61. The van der Waals surface area contributed by atoms with Crippen molar-refractivity contribution in [3.63, 3.8) is 0 Å². The van der Waals surface area contributed by atoms with Crippen LogP contribution in [0, 0.1) is 6.92 Å². The molecule has 2 rings (SSSR count). The zero-order valence-corrected chi connectivity index (χ0v) is 17.5. The van der Waals surface area contributed by atoms with Crippen molar-refractivity contribution in [1.29, 1.82) is 0 Å². The van der Waals surface area contributed by atoms with Gasteiger partial charge in [-0.15, -0.1) is 0 Å². The molecule has 3 N–H and O–H groups in total. The molecule has 0 saturated carbocycles. The summed E-state index contributed by atoms with van der Waals surface area (Å²) in [5, 5.41) is 9.31. The van der Waals surface area contributed by atoms with Gasteiger partial charge in [0.1, 0.15) is 0 Å². The molecule has 8 nitrogen and oxygen atoms in total. The molecule has 0 saturated heterocycles. The van der Waals surface area contributed by atoms with Crippen molar-refractivity contribution in [2.24, 2.45) is 4.99 Å². The molecule has 0 aliphatic rings. The average Bonchev–Trinajstić information content (AvgIpc) is 3.14. The number of hydrogen-bond acceptors (Lipinski definition) is 5. The lowest BCUT2D eigenvalue weighted by Gasteiger charge is -2.14. The molecule has 1 aromatic carbocycles. The number of aryl methyl sites for hydroxylation is 1. The van der Waals surface area contributed by atoms with Crippen LogP contribution in [-0.2, 0) is 0 Å². The van der Waals surface area contributed by atoms with Crippen LogP contribution in [0.5, 0.6) is 11.5 Å². The first-order valence-corrected chi connectivity index (χ1v) is 9.77. The van der Waals surface area contributed by atoms with E-state index in [4.69, 9.17) is 13.9 Å². The zero-order valence-electron chi connectivity index (χ0n) is 17.5. The molecule has 29 heavy (non-hydrogen) atoms. The van der Waals surface area contributed by atoms with Crippen molar-refractivity contribution < 1.29 is 18.7 Å². The van der Waals surface area contributed by atoms with Gasteiger partial charge in [0.15, 0.2) is 23.2 Å². The summed E-state index contributed by atoms with van der Waals surface area (Å²) in [4.78, 5) is 16.6. The average molecular weight is 402 g/mol. The van der Waals surface area contributed by atoms with Gasteiger partial charge in [-0.3, -0.25) is 9.79 Å². The lowest BCUT2D eigenvalue weighted by molar-refractivity contribution is 0.0925. The van der Waals surface area contributed by atoms with E-state index in [9.17, 15) is 4.79 Å². The van der Waals surface area contributed by atoms with Gasteiger partial charge >= 0.3 is 0 Å². The molecule has 1 amide bonds. The van der Waals surface area contributed by atoms with Crippen LogP contribution in [0.25, 0.3) is 0 Å². The van der Waals surface area contributed by atoms with Gasteiger partial charge in [0.05, 0.1) is 20.0 Å². The number of benzene rings is 1. The minimum Gasteiger partial charge on any atom is -0.493 e. The molecule has 0 unspecified atom stereocenters. The second kappa shape index (κ2) is 11.6. The van der Waals surface area contributed by atoms with Gasteiger partial charge in [-0.2, -0.15) is 0 Å². The zero-order chi connectivity index (χ0) is 21.1. The van der Waals surface area contributed by atoms with Gasteiger partial charge in [-0.1, -0.05) is 0 Å². The Hall–Kier alpha value is -3.16. The molecule has 0 atom stereocenters. The highest BCUT2D eigenvalue weighted by atomic mass is 16.5. The summed E-state index contributed by atoms with van der Waals surface area (Å²) < 4.78 is 16.1. The van der Waals surface area contributed by atoms with Crippen molar-refractivity contribution in [2.75, 3.05) is 38.7 Å². The monoisotopic (exact) mass is 402 g/mol. The summed E-state index contributed by atoms with van der Waals surface area (Å²) in [6.07, 6.45) is 2.22. The Morgan fingerprint density at radius 1 is 1.17 bits per heavy atom. The molecule has 0 spiro atoms. The summed E-state index contributed by atoms with van der Waals surface area (Å²) in [5.74, 6) is 2.17. The van der Waals surface area contributed by atoms with E-state index in [1.165, 1.54) is 6.26 Å². The number of methoxy groups -OCH3 is 1. The Bertz CT molecular complexity index is 817. The van der Waals surface area contributed by atoms with E-state index in [1.54, 1.807) is 13.2 Å². The number of nitrogens with one attached hydrogen (secondary N) is 3. The fourth-order valence-electron chi connectivity index (χ4n) is 2.62. The van der Waals surface area contributed by atoms with Gasteiger partial charge in [0.25, 0.3) is 5.91 Å². The number of anilines is 1. The van der Waals surface area contributed by atoms with Crippen LogP contribution in [-0.4, -0.2) is 45.2 Å². The molecule has 0 aliphatic carbocycles. The molecule has 0 radical (unpaired) electrons. The summed E-state index contributed by atoms with van der Waals surface area (Å²) in [6, 6.07) is 7.40. The number of carbonyl (C=O) groups is 1. The van der Waals surface area contributed by atoms with E-state index in [1.807, 2.05) is 39.0 Å². The van der Waals surface area contributed by atoms with Crippen molar-refractivity contribution >= 4 is 17.6 Å². The first-order valence-electron chi connectivity index (χ1n) is 9.77. The Morgan fingerprint density at radius 3 is 2.66 bits per heavy atom. The standard InChI is InChI=1S/C21H30N4O4/c1-5-22-21(25-16-8-9-17(27-4)18(14-16)28-6-2)24-12-7-11-23-20(26)19-15(3)10-13-29-19/h8-10,13-14H,5-7,11-12H2,1-4H3,(H,23,26)(H2,22,24,25). The highest BCUT2D eigenvalue weighted by Crippen LogP contribution is 2.30. The number of hydrogen-bond donors (Lipinski definition) is 3. The van der Waals surface area contributed by atoms with Crippen molar-refractivity contribution in [2.45, 2.75) is 27.2 Å². The Labute approximate surface area is 171 Å². The number of amides is 1. The third kappa shape index (κ3) is 6.74. The molecule has 2 aromatic rings. The number of furan rings is 1. The highest BCUT2D eigenvalue weighted by Gasteiger charge is 2.11. The molecular weight excluding hydrogens is 372 g/mol. The maximum absolute atomic E-state index is 12.0. The van der Waals surface area contributed by atoms with Crippen molar-refractivity contribution in [1.82, 2.24) is 10.6 Å². The van der Waals surface area contributed by atoms with Crippen LogP contribution in [0.2, 0.25) is 0 Å². The highest BCUT2D eigenvalue weighted by molar-refractivity contribution is 5.94. The fourth-order valence-corrected chi connectivity index (χ4v) is 2.62. The van der Waals surface area contributed by atoms with Crippen LogP contribution in [0.15, 0.2) is 39.9 Å². The molecule has 0 aliphatic heterocycles. The lowest BCUT2D eigenvalue weighted by atomic mass is 10.2. The summed E-state index contributed by atoms with van der Waals surface area (Å²) in [5.41, 5.74) is 1.67. The fraction of sp³-hybridized carbons (Fsp3) is 0.429. The molecule has 1 heterocycles. The van der Waals surface area contributed by atoms with E-state index in [-0.39, 0.29) is 5.91 Å². The number of aliphatic imine (C=N–C) groups is 1. The second-order valence-electron chi connectivity index (χ2n) is 6.23. The number of ether oxygens (including phenoxy) is 2. The van der Waals surface area contributed by atoms with E-state index in [0.717, 1.165) is 17.8 Å². The quantitative estimate of drug-likeness (QED) is 0.321. The van der Waals surface area contributed by atoms with Gasteiger partial charge in [-0.25, -0.2) is 0 Å². The van der Waals surface area contributed by atoms with Crippen molar-refractivity contribution in [3.05, 3.63) is 41.9 Å². The number of rotatable bonds is 10.